The molecule has 1 aromatic rings. The van der Waals surface area contributed by atoms with Crippen molar-refractivity contribution in [3.63, 3.8) is 0 Å². The Hall–Kier alpha value is -0.470. The Labute approximate surface area is 91.5 Å². The number of hydrogen-bond donors (Lipinski definition) is 0. The molecule has 0 atom stereocenters. The molecule has 0 radical (unpaired) electrons. The maximum Gasteiger partial charge on any atom is 0.127 e. The average molecular weight is 262 g/mol. The molecule has 0 aromatic heterocycles. The number of benzene rings is 1. The lowest BCUT2D eigenvalue weighted by atomic mass is 10.2. The zero-order valence-corrected chi connectivity index (χ0v) is 9.60. The van der Waals surface area contributed by atoms with Crippen molar-refractivity contribution in [2.24, 2.45) is 0 Å². The van der Waals surface area contributed by atoms with Gasteiger partial charge in [0.25, 0.3) is 0 Å². The van der Waals surface area contributed by atoms with Gasteiger partial charge in [0.1, 0.15) is 5.75 Å². The number of alkyl halides is 1. The second-order valence-corrected chi connectivity index (χ2v) is 3.53. The van der Waals surface area contributed by atoms with E-state index in [4.69, 9.17) is 16.3 Å². The number of hydrogen-bond acceptors (Lipinski definition) is 1. The van der Waals surface area contributed by atoms with Gasteiger partial charge >= 0.3 is 0 Å². The first-order valence-electron chi connectivity index (χ1n) is 3.84. The zero-order valence-electron chi connectivity index (χ0n) is 7.26. The average Bonchev–Trinajstić information content (AvgIpc) is 2.16. The first kappa shape index (κ1) is 10.6. The molecule has 0 spiro atoms. The minimum Gasteiger partial charge on any atom is -0.496 e. The standard InChI is InChI=1S/C10H10BrClO/c1-13-10-7-9(12)5-4-8(10)3-2-6-11/h2-5,7H,6H2,1H3. The zero-order chi connectivity index (χ0) is 9.68. The van der Waals surface area contributed by atoms with Crippen LogP contribution in [-0.2, 0) is 0 Å². The maximum absolute atomic E-state index is 5.82. The van der Waals surface area contributed by atoms with Crippen molar-refractivity contribution in [1.29, 1.82) is 0 Å². The first-order valence-corrected chi connectivity index (χ1v) is 5.34. The third-order valence-electron chi connectivity index (χ3n) is 1.58. The third kappa shape index (κ3) is 3.05. The Morgan fingerprint density at radius 2 is 2.31 bits per heavy atom. The number of ether oxygens (including phenoxy) is 1. The minimum atomic E-state index is 0.688. The summed E-state index contributed by atoms with van der Waals surface area (Å²) in [5.41, 5.74) is 1.03. The summed E-state index contributed by atoms with van der Waals surface area (Å²) in [5.74, 6) is 0.796. The topological polar surface area (TPSA) is 9.23 Å². The number of rotatable bonds is 3. The second-order valence-electron chi connectivity index (χ2n) is 2.44. The van der Waals surface area contributed by atoms with Gasteiger partial charge in [-0.05, 0) is 18.2 Å². The predicted octanol–water partition coefficient (Wildman–Crippen LogP) is 3.76. The second kappa shape index (κ2) is 5.30. The van der Waals surface area contributed by atoms with Crippen LogP contribution in [0.2, 0.25) is 5.02 Å². The van der Waals surface area contributed by atoms with Crippen LogP contribution in [0.4, 0.5) is 0 Å². The molecule has 70 valence electrons. The molecule has 3 heteroatoms. The molecule has 13 heavy (non-hydrogen) atoms. The summed E-state index contributed by atoms with van der Waals surface area (Å²) in [6.07, 6.45) is 4.00. The van der Waals surface area contributed by atoms with Gasteiger partial charge in [-0.2, -0.15) is 0 Å². The minimum absolute atomic E-state index is 0.688. The number of methoxy groups -OCH3 is 1. The van der Waals surface area contributed by atoms with E-state index in [-0.39, 0.29) is 0 Å². The molecule has 0 fully saturated rings. The van der Waals surface area contributed by atoms with E-state index in [0.29, 0.717) is 5.02 Å². The molecule has 0 amide bonds. The molecule has 0 bridgehead atoms. The summed E-state index contributed by atoms with van der Waals surface area (Å²) >= 11 is 9.13. The van der Waals surface area contributed by atoms with Crippen molar-refractivity contribution in [2.75, 3.05) is 12.4 Å². The summed E-state index contributed by atoms with van der Waals surface area (Å²) in [4.78, 5) is 0. The van der Waals surface area contributed by atoms with Crippen LogP contribution in [0.3, 0.4) is 0 Å². The Morgan fingerprint density at radius 1 is 1.54 bits per heavy atom. The molecule has 1 rings (SSSR count). The molecule has 0 N–H and O–H groups in total. The van der Waals surface area contributed by atoms with Gasteiger partial charge in [0.05, 0.1) is 7.11 Å². The molecule has 0 heterocycles. The van der Waals surface area contributed by atoms with Crippen molar-refractivity contribution in [1.82, 2.24) is 0 Å². The third-order valence-corrected chi connectivity index (χ3v) is 2.19. The van der Waals surface area contributed by atoms with Crippen LogP contribution in [0.15, 0.2) is 24.3 Å². The maximum atomic E-state index is 5.82. The van der Waals surface area contributed by atoms with Crippen LogP contribution in [0.1, 0.15) is 5.56 Å². The summed E-state index contributed by atoms with van der Waals surface area (Å²) in [7, 11) is 1.64. The Bertz CT molecular complexity index is 310. The fourth-order valence-corrected chi connectivity index (χ4v) is 1.34. The lowest BCUT2D eigenvalue weighted by Crippen LogP contribution is -1.86. The van der Waals surface area contributed by atoms with Crippen LogP contribution < -0.4 is 4.74 Å². The van der Waals surface area contributed by atoms with Crippen molar-refractivity contribution in [2.45, 2.75) is 0 Å². The normalized spacial score (nSPS) is 10.7. The molecule has 0 saturated heterocycles. The molecule has 0 unspecified atom stereocenters. The highest BCUT2D eigenvalue weighted by atomic mass is 79.9. The van der Waals surface area contributed by atoms with Crippen LogP contribution in [0.25, 0.3) is 6.08 Å². The summed E-state index contributed by atoms with van der Waals surface area (Å²) in [5, 5.41) is 1.52. The van der Waals surface area contributed by atoms with E-state index in [1.165, 1.54) is 0 Å². The molecular formula is C10H10BrClO. The predicted molar refractivity (Wildman–Crippen MR) is 60.8 cm³/mol. The van der Waals surface area contributed by atoms with E-state index >= 15 is 0 Å². The van der Waals surface area contributed by atoms with Gasteiger partial charge in [0.15, 0.2) is 0 Å². The van der Waals surface area contributed by atoms with Gasteiger partial charge < -0.3 is 4.74 Å². The van der Waals surface area contributed by atoms with Gasteiger partial charge in [-0.25, -0.2) is 0 Å². The van der Waals surface area contributed by atoms with Crippen LogP contribution in [0, 0.1) is 0 Å². The van der Waals surface area contributed by atoms with Gasteiger partial charge in [-0.15, -0.1) is 0 Å². The first-order chi connectivity index (χ1) is 6.27. The highest BCUT2D eigenvalue weighted by molar-refractivity contribution is 9.09. The Balaban J connectivity index is 2.99. The Morgan fingerprint density at radius 3 is 2.92 bits per heavy atom. The Kier molecular flexibility index (Phi) is 4.33. The van der Waals surface area contributed by atoms with Crippen molar-refractivity contribution >= 4 is 33.6 Å². The van der Waals surface area contributed by atoms with Gasteiger partial charge in [-0.3, -0.25) is 0 Å². The fraction of sp³-hybridized carbons (Fsp3) is 0.200. The highest BCUT2D eigenvalue weighted by Gasteiger charge is 1.99. The molecule has 0 aliphatic rings. The smallest absolute Gasteiger partial charge is 0.127 e. The van der Waals surface area contributed by atoms with Crippen LogP contribution in [-0.4, -0.2) is 12.4 Å². The van der Waals surface area contributed by atoms with E-state index in [1.54, 1.807) is 13.2 Å². The molecular weight excluding hydrogens is 251 g/mol. The van der Waals surface area contributed by atoms with Gasteiger partial charge in [-0.1, -0.05) is 39.7 Å². The van der Waals surface area contributed by atoms with E-state index < -0.39 is 0 Å². The molecule has 0 aliphatic heterocycles. The van der Waals surface area contributed by atoms with Gasteiger partial charge in [0.2, 0.25) is 0 Å². The van der Waals surface area contributed by atoms with Crippen molar-refractivity contribution < 1.29 is 4.74 Å². The van der Waals surface area contributed by atoms with Gasteiger partial charge in [0, 0.05) is 15.9 Å². The van der Waals surface area contributed by atoms with E-state index in [2.05, 4.69) is 15.9 Å². The fourth-order valence-electron chi connectivity index (χ4n) is 0.994. The highest BCUT2D eigenvalue weighted by Crippen LogP contribution is 2.24. The molecule has 0 saturated carbocycles. The molecule has 1 aromatic carbocycles. The lowest BCUT2D eigenvalue weighted by Gasteiger charge is -2.04. The SMILES string of the molecule is COc1cc(Cl)ccc1C=CCBr. The largest absolute Gasteiger partial charge is 0.496 e. The monoisotopic (exact) mass is 260 g/mol. The summed E-state index contributed by atoms with van der Waals surface area (Å²) in [6, 6.07) is 5.58. The van der Waals surface area contributed by atoms with E-state index in [9.17, 15) is 0 Å². The van der Waals surface area contributed by atoms with Crippen LogP contribution in [0.5, 0.6) is 5.75 Å². The van der Waals surface area contributed by atoms with Crippen LogP contribution >= 0.6 is 27.5 Å². The lowest BCUT2D eigenvalue weighted by molar-refractivity contribution is 0.414. The number of allylic oxidation sites excluding steroid dienone is 1. The molecule has 0 aliphatic carbocycles. The summed E-state index contributed by atoms with van der Waals surface area (Å²) in [6.45, 7) is 0. The van der Waals surface area contributed by atoms with E-state index in [1.807, 2.05) is 24.3 Å². The van der Waals surface area contributed by atoms with Crippen molar-refractivity contribution in [3.05, 3.63) is 34.9 Å². The molecule has 1 nitrogen and oxygen atoms in total. The quantitative estimate of drug-likeness (QED) is 0.753. The van der Waals surface area contributed by atoms with Crippen molar-refractivity contribution in [3.8, 4) is 5.75 Å². The van der Waals surface area contributed by atoms with E-state index in [0.717, 1.165) is 16.6 Å². The number of halogens is 2. The summed E-state index contributed by atoms with van der Waals surface area (Å²) < 4.78 is 5.17.